The van der Waals surface area contributed by atoms with Gasteiger partial charge in [0.25, 0.3) is 0 Å². The number of amides is 1. The predicted octanol–water partition coefficient (Wildman–Crippen LogP) is 4.02. The molecule has 2 unspecified atom stereocenters. The van der Waals surface area contributed by atoms with Gasteiger partial charge >= 0.3 is 12.5 Å². The Morgan fingerprint density at radius 3 is 2.25 bits per heavy atom. The highest BCUT2D eigenvalue weighted by Crippen LogP contribution is 2.20. The van der Waals surface area contributed by atoms with Gasteiger partial charge in [-0.2, -0.15) is 0 Å². The molecule has 32 heavy (non-hydrogen) atoms. The van der Waals surface area contributed by atoms with E-state index in [4.69, 9.17) is 4.74 Å². The first kappa shape index (κ1) is 24.0. The largest absolute Gasteiger partial charge is 0.522 e. The Hall–Kier alpha value is -2.62. The average Bonchev–Trinajstić information content (AvgIpc) is 2.76. The van der Waals surface area contributed by atoms with Crippen LogP contribution in [0.2, 0.25) is 0 Å². The zero-order valence-electron chi connectivity index (χ0n) is 17.6. The molecule has 0 aromatic heterocycles. The van der Waals surface area contributed by atoms with Crippen molar-refractivity contribution < 1.29 is 32.5 Å². The molecule has 3 rings (SSSR count). The maximum Gasteiger partial charge on any atom is 0.522 e. The molecule has 2 atom stereocenters. The molecule has 0 spiro atoms. The summed E-state index contributed by atoms with van der Waals surface area (Å²) in [6, 6.07) is 18.4. The monoisotopic (exact) mass is 452 g/mol. The number of nitrogens with zero attached hydrogens (tertiary/aromatic N) is 2. The summed E-state index contributed by atoms with van der Waals surface area (Å²) in [6.07, 6.45) is -6.03. The zero-order valence-corrected chi connectivity index (χ0v) is 17.6. The van der Waals surface area contributed by atoms with Crippen molar-refractivity contribution in [2.24, 2.45) is 0 Å². The fraction of sp³-hybridized carbons (Fsp3) is 0.435. The molecule has 9 heteroatoms. The van der Waals surface area contributed by atoms with Crippen LogP contribution in [0.25, 0.3) is 0 Å². The van der Waals surface area contributed by atoms with E-state index in [0.717, 1.165) is 11.1 Å². The fourth-order valence-corrected chi connectivity index (χ4v) is 3.82. The summed E-state index contributed by atoms with van der Waals surface area (Å²) in [6.45, 7) is 0.835. The number of halogens is 3. The maximum atomic E-state index is 12.6. The van der Waals surface area contributed by atoms with Crippen LogP contribution < -0.4 is 0 Å². The summed E-state index contributed by atoms with van der Waals surface area (Å²) in [4.78, 5) is 15.0. The van der Waals surface area contributed by atoms with Gasteiger partial charge in [0.15, 0.2) is 0 Å². The molecule has 6 nitrogen and oxygen atoms in total. The molecular weight excluding hydrogens is 425 g/mol. The Morgan fingerprint density at radius 1 is 1.03 bits per heavy atom. The zero-order chi connectivity index (χ0) is 23.0. The Morgan fingerprint density at radius 2 is 1.66 bits per heavy atom. The number of piperazine rings is 1. The van der Waals surface area contributed by atoms with E-state index in [0.29, 0.717) is 19.5 Å². The molecule has 1 amide bonds. The summed E-state index contributed by atoms with van der Waals surface area (Å²) in [5, 5.41) is 9.58. The van der Waals surface area contributed by atoms with E-state index in [2.05, 4.69) is 4.74 Å². The highest BCUT2D eigenvalue weighted by molar-refractivity contribution is 5.65. The van der Waals surface area contributed by atoms with Gasteiger partial charge in [-0.15, -0.1) is 13.2 Å². The number of carboxylic acid groups (broad SMARTS) is 1. The third kappa shape index (κ3) is 7.81. The van der Waals surface area contributed by atoms with E-state index in [9.17, 15) is 23.1 Å². The number of hydrogen-bond donors (Lipinski definition) is 1. The van der Waals surface area contributed by atoms with E-state index in [-0.39, 0.29) is 25.7 Å². The second-order valence-electron chi connectivity index (χ2n) is 7.75. The Labute approximate surface area is 185 Å². The Balaban J connectivity index is 1.64. The summed E-state index contributed by atoms with van der Waals surface area (Å²) in [7, 11) is 0. The summed E-state index contributed by atoms with van der Waals surface area (Å²) in [5.41, 5.74) is 1.85. The molecule has 0 aliphatic carbocycles. The highest BCUT2D eigenvalue weighted by Gasteiger charge is 2.34. The minimum absolute atomic E-state index is 0.162. The highest BCUT2D eigenvalue weighted by atomic mass is 19.4. The third-order valence-electron chi connectivity index (χ3n) is 5.35. The van der Waals surface area contributed by atoms with Crippen LogP contribution in [-0.2, 0) is 22.5 Å². The standard InChI is InChI=1S/C23H27F3N2O4/c24-23(25,26)32-17-21(31-16-19-9-5-2-6-10-19)15-27-11-12-28(22(29)30)20(14-27)13-18-7-3-1-4-8-18/h1-10,20-21H,11-17H2,(H,29,30). The fourth-order valence-electron chi connectivity index (χ4n) is 3.82. The van der Waals surface area contributed by atoms with Crippen LogP contribution in [0.3, 0.4) is 0 Å². The third-order valence-corrected chi connectivity index (χ3v) is 5.35. The smallest absolute Gasteiger partial charge is 0.465 e. The molecule has 174 valence electrons. The Kier molecular flexibility index (Phi) is 8.49. The number of benzene rings is 2. The molecule has 1 saturated heterocycles. The first-order chi connectivity index (χ1) is 15.3. The van der Waals surface area contributed by atoms with Crippen molar-refractivity contribution in [1.29, 1.82) is 0 Å². The molecule has 1 heterocycles. The van der Waals surface area contributed by atoms with Crippen molar-refractivity contribution in [3.63, 3.8) is 0 Å². The van der Waals surface area contributed by atoms with Crippen LogP contribution in [0.1, 0.15) is 11.1 Å². The number of carbonyl (C=O) groups is 1. The van der Waals surface area contributed by atoms with Gasteiger partial charge in [0, 0.05) is 26.2 Å². The van der Waals surface area contributed by atoms with Crippen molar-refractivity contribution in [2.75, 3.05) is 32.8 Å². The molecule has 1 fully saturated rings. The lowest BCUT2D eigenvalue weighted by atomic mass is 10.0. The van der Waals surface area contributed by atoms with Crippen molar-refractivity contribution in [3.05, 3.63) is 71.8 Å². The summed E-state index contributed by atoms with van der Waals surface area (Å²) < 4.78 is 47.7. The normalized spacial score (nSPS) is 18.5. The summed E-state index contributed by atoms with van der Waals surface area (Å²) in [5.74, 6) is 0. The van der Waals surface area contributed by atoms with Crippen molar-refractivity contribution in [3.8, 4) is 0 Å². The lowest BCUT2D eigenvalue weighted by Gasteiger charge is -2.41. The molecule has 1 N–H and O–H groups in total. The maximum absolute atomic E-state index is 12.6. The quantitative estimate of drug-likeness (QED) is 0.623. The topological polar surface area (TPSA) is 62.2 Å². The van der Waals surface area contributed by atoms with Crippen LogP contribution in [0.5, 0.6) is 0 Å². The van der Waals surface area contributed by atoms with E-state index in [1.807, 2.05) is 65.6 Å². The van der Waals surface area contributed by atoms with E-state index in [1.165, 1.54) is 4.90 Å². The van der Waals surface area contributed by atoms with Crippen LogP contribution >= 0.6 is 0 Å². The number of rotatable bonds is 9. The lowest BCUT2D eigenvalue weighted by molar-refractivity contribution is -0.332. The number of alkyl halides is 3. The van der Waals surface area contributed by atoms with E-state index in [1.54, 1.807) is 0 Å². The van der Waals surface area contributed by atoms with Gasteiger partial charge in [-0.3, -0.25) is 9.64 Å². The molecular formula is C23H27F3N2O4. The summed E-state index contributed by atoms with van der Waals surface area (Å²) >= 11 is 0. The van der Waals surface area contributed by atoms with E-state index < -0.39 is 25.2 Å². The van der Waals surface area contributed by atoms with Crippen LogP contribution in [0.15, 0.2) is 60.7 Å². The van der Waals surface area contributed by atoms with Crippen molar-refractivity contribution >= 4 is 6.09 Å². The second kappa shape index (κ2) is 11.3. The van der Waals surface area contributed by atoms with Gasteiger partial charge in [-0.25, -0.2) is 4.79 Å². The Bertz CT molecular complexity index is 836. The molecule has 0 radical (unpaired) electrons. The van der Waals surface area contributed by atoms with Gasteiger partial charge in [-0.05, 0) is 17.5 Å². The number of hydrogen-bond acceptors (Lipinski definition) is 4. The van der Waals surface area contributed by atoms with Gasteiger partial charge in [0.1, 0.15) is 0 Å². The predicted molar refractivity (Wildman–Crippen MR) is 112 cm³/mol. The van der Waals surface area contributed by atoms with Gasteiger partial charge in [-0.1, -0.05) is 60.7 Å². The molecule has 0 bridgehead atoms. The second-order valence-corrected chi connectivity index (χ2v) is 7.75. The molecule has 2 aromatic rings. The van der Waals surface area contributed by atoms with Gasteiger partial charge < -0.3 is 14.7 Å². The first-order valence-corrected chi connectivity index (χ1v) is 10.4. The van der Waals surface area contributed by atoms with E-state index >= 15 is 0 Å². The van der Waals surface area contributed by atoms with Crippen LogP contribution in [-0.4, -0.2) is 72.3 Å². The average molecular weight is 452 g/mol. The molecule has 1 aliphatic heterocycles. The molecule has 1 aliphatic rings. The molecule has 2 aromatic carbocycles. The SMILES string of the molecule is O=C(O)N1CCN(CC(COC(F)(F)F)OCc2ccccc2)CC1Cc1ccccc1. The minimum atomic E-state index is -4.74. The first-order valence-electron chi connectivity index (χ1n) is 10.4. The molecule has 0 saturated carbocycles. The minimum Gasteiger partial charge on any atom is -0.465 e. The van der Waals surface area contributed by atoms with Crippen molar-refractivity contribution in [2.45, 2.75) is 31.5 Å². The lowest BCUT2D eigenvalue weighted by Crippen LogP contribution is -2.57. The van der Waals surface area contributed by atoms with Crippen molar-refractivity contribution in [1.82, 2.24) is 9.80 Å². The number of ether oxygens (including phenoxy) is 2. The van der Waals surface area contributed by atoms with Crippen LogP contribution in [0, 0.1) is 0 Å². The van der Waals surface area contributed by atoms with Gasteiger partial charge in [0.2, 0.25) is 0 Å². The van der Waals surface area contributed by atoms with Gasteiger partial charge in [0.05, 0.1) is 25.4 Å². The van der Waals surface area contributed by atoms with Crippen LogP contribution in [0.4, 0.5) is 18.0 Å².